The quantitative estimate of drug-likeness (QED) is 0.628. The van der Waals surface area contributed by atoms with Crippen molar-refractivity contribution in [3.05, 3.63) is 64.2 Å². The molecule has 3 N–H and O–H groups in total. The monoisotopic (exact) mass is 451 g/mol. The molecule has 31 heavy (non-hydrogen) atoms. The van der Waals surface area contributed by atoms with E-state index in [4.69, 9.17) is 5.14 Å². The molecule has 8 heteroatoms. The van der Waals surface area contributed by atoms with Gasteiger partial charge in [0.05, 0.1) is 4.90 Å². The van der Waals surface area contributed by atoms with Crippen molar-refractivity contribution in [2.75, 3.05) is 14.1 Å². The number of nitrogens with two attached hydrogens (primary N) is 1. The molecule has 2 aromatic carbocycles. The smallest absolute Gasteiger partial charge is 0.159 e. The molecule has 0 radical (unpaired) electrons. The Morgan fingerprint density at radius 3 is 2.45 bits per heavy atom. The van der Waals surface area contributed by atoms with Crippen molar-refractivity contribution in [2.45, 2.75) is 62.6 Å². The molecule has 3 rings (SSSR count). The molecule has 2 unspecified atom stereocenters. The number of aliphatic hydroxyl groups excluding tert-OH is 1. The van der Waals surface area contributed by atoms with Gasteiger partial charge in [-0.1, -0.05) is 19.9 Å². The fourth-order valence-corrected chi connectivity index (χ4v) is 5.04. The molecule has 1 saturated carbocycles. The van der Waals surface area contributed by atoms with E-state index >= 15 is 0 Å². The lowest BCUT2D eigenvalue weighted by Gasteiger charge is -2.19. The summed E-state index contributed by atoms with van der Waals surface area (Å²) in [5.74, 6) is -0.715. The van der Waals surface area contributed by atoms with Crippen LogP contribution in [0.25, 0.3) is 0 Å². The second-order valence-electron chi connectivity index (χ2n) is 8.85. The van der Waals surface area contributed by atoms with Gasteiger partial charge in [-0.05, 0) is 85.3 Å². The highest BCUT2D eigenvalue weighted by molar-refractivity contribution is 7.91. The molecule has 0 amide bonds. The van der Waals surface area contributed by atoms with E-state index < -0.39 is 22.0 Å². The van der Waals surface area contributed by atoms with E-state index in [0.29, 0.717) is 12.1 Å². The van der Waals surface area contributed by atoms with Crippen molar-refractivity contribution in [1.29, 1.82) is 0 Å². The van der Waals surface area contributed by atoms with Crippen LogP contribution in [0, 0.1) is 11.6 Å². The van der Waals surface area contributed by atoms with Crippen molar-refractivity contribution in [3.63, 3.8) is 0 Å². The molecule has 5 nitrogen and oxygen atoms in total. The van der Waals surface area contributed by atoms with Gasteiger partial charge in [-0.25, -0.2) is 18.1 Å². The Labute approximate surface area is 183 Å². The van der Waals surface area contributed by atoms with Crippen LogP contribution in [0.3, 0.4) is 0 Å². The summed E-state index contributed by atoms with van der Waals surface area (Å²) in [6.45, 7) is 4.43. The second-order valence-corrected chi connectivity index (χ2v) is 10.6. The number of nitrogens with zero attached hydrogens (tertiary/aromatic N) is 2. The van der Waals surface area contributed by atoms with E-state index in [2.05, 4.69) is 4.36 Å². The predicted molar refractivity (Wildman–Crippen MR) is 119 cm³/mol. The third-order valence-electron chi connectivity index (χ3n) is 5.40. The van der Waals surface area contributed by atoms with E-state index in [-0.39, 0.29) is 29.0 Å². The summed E-state index contributed by atoms with van der Waals surface area (Å²) in [4.78, 5) is 1.65. The van der Waals surface area contributed by atoms with Crippen molar-refractivity contribution in [1.82, 2.24) is 4.90 Å². The first kappa shape index (κ1) is 23.8. The molecule has 0 aromatic heterocycles. The van der Waals surface area contributed by atoms with Crippen LogP contribution in [0.1, 0.15) is 60.8 Å². The average Bonchev–Trinajstić information content (AvgIpc) is 3.46. The van der Waals surface area contributed by atoms with Crippen molar-refractivity contribution < 1.29 is 18.1 Å². The highest BCUT2D eigenvalue weighted by Gasteiger charge is 2.29. The molecule has 2 atom stereocenters. The van der Waals surface area contributed by atoms with Crippen LogP contribution in [0.15, 0.2) is 39.6 Å². The highest BCUT2D eigenvalue weighted by atomic mass is 32.2. The first-order valence-electron chi connectivity index (χ1n) is 10.5. The van der Waals surface area contributed by atoms with Crippen molar-refractivity contribution in [2.24, 2.45) is 9.50 Å². The van der Waals surface area contributed by atoms with E-state index in [9.17, 15) is 18.1 Å². The lowest BCUT2D eigenvalue weighted by molar-refractivity contribution is 0.186. The summed E-state index contributed by atoms with van der Waals surface area (Å²) in [6.07, 6.45) is 0.589. The lowest BCUT2D eigenvalue weighted by Crippen LogP contribution is -2.21. The van der Waals surface area contributed by atoms with E-state index in [1.807, 2.05) is 32.8 Å². The summed E-state index contributed by atoms with van der Waals surface area (Å²) in [6, 6.07) is 7.27. The summed E-state index contributed by atoms with van der Waals surface area (Å²) >= 11 is 0. The molecule has 1 aliphatic rings. The summed E-state index contributed by atoms with van der Waals surface area (Å²) in [5, 5.41) is 16.5. The number of benzene rings is 2. The summed E-state index contributed by atoms with van der Waals surface area (Å²) < 4.78 is 45.6. The first-order valence-corrected chi connectivity index (χ1v) is 12.0. The van der Waals surface area contributed by atoms with Crippen LogP contribution in [0.2, 0.25) is 0 Å². The maximum Gasteiger partial charge on any atom is 0.159 e. The molecule has 0 aliphatic heterocycles. The molecule has 0 spiro atoms. The van der Waals surface area contributed by atoms with Gasteiger partial charge >= 0.3 is 0 Å². The third kappa shape index (κ3) is 5.88. The largest absolute Gasteiger partial charge is 0.371 e. The van der Waals surface area contributed by atoms with Crippen LogP contribution < -0.4 is 5.14 Å². The first-order chi connectivity index (χ1) is 14.5. The SMILES string of the molecule is CC(C)c1cc(F)cc(C2CC2)c1CC(O)N=S(N)(=O)c1ccc(CN(C)C)cc1F. The van der Waals surface area contributed by atoms with Gasteiger partial charge in [0.2, 0.25) is 0 Å². The molecule has 2 aromatic rings. The Kier molecular flexibility index (Phi) is 7.15. The highest BCUT2D eigenvalue weighted by Crippen LogP contribution is 2.44. The number of halogens is 2. The van der Waals surface area contributed by atoms with E-state index in [1.165, 1.54) is 24.3 Å². The summed E-state index contributed by atoms with van der Waals surface area (Å²) in [5.41, 5.74) is 3.18. The number of hydrogen-bond donors (Lipinski definition) is 2. The minimum absolute atomic E-state index is 0.0410. The van der Waals surface area contributed by atoms with E-state index in [0.717, 1.165) is 29.5 Å². The number of rotatable bonds is 8. The molecule has 170 valence electrons. The van der Waals surface area contributed by atoms with Gasteiger partial charge in [-0.3, -0.25) is 0 Å². The second kappa shape index (κ2) is 9.32. The zero-order valence-corrected chi connectivity index (χ0v) is 19.3. The zero-order chi connectivity index (χ0) is 22.9. The van der Waals surface area contributed by atoms with Crippen molar-refractivity contribution in [3.8, 4) is 0 Å². The van der Waals surface area contributed by atoms with Gasteiger partial charge < -0.3 is 10.0 Å². The lowest BCUT2D eigenvalue weighted by atomic mass is 9.89. The Hall–Kier alpha value is -1.87. The Morgan fingerprint density at radius 1 is 1.23 bits per heavy atom. The normalized spacial score (nSPS) is 17.1. The van der Waals surface area contributed by atoms with Crippen LogP contribution in [-0.4, -0.2) is 34.5 Å². The maximum atomic E-state index is 14.6. The van der Waals surface area contributed by atoms with Gasteiger partial charge in [0.1, 0.15) is 21.5 Å². The van der Waals surface area contributed by atoms with Gasteiger partial charge in [0, 0.05) is 13.0 Å². The van der Waals surface area contributed by atoms with Gasteiger partial charge in [0.25, 0.3) is 0 Å². The molecule has 0 bridgehead atoms. The molecular weight excluding hydrogens is 420 g/mol. The number of hydrogen-bond acceptors (Lipinski definition) is 4. The molecular formula is C23H31F2N3O2S. The number of aliphatic hydroxyl groups is 1. The van der Waals surface area contributed by atoms with Gasteiger partial charge in [-0.15, -0.1) is 0 Å². The van der Waals surface area contributed by atoms with Gasteiger partial charge in [-0.2, -0.15) is 4.36 Å². The van der Waals surface area contributed by atoms with Crippen LogP contribution >= 0.6 is 0 Å². The van der Waals surface area contributed by atoms with Gasteiger partial charge in [0.15, 0.2) is 6.23 Å². The van der Waals surface area contributed by atoms with Crippen LogP contribution in [0.5, 0.6) is 0 Å². The van der Waals surface area contributed by atoms with E-state index in [1.54, 1.807) is 6.07 Å². The minimum Gasteiger partial charge on any atom is -0.371 e. The van der Waals surface area contributed by atoms with Crippen LogP contribution in [-0.2, 0) is 22.9 Å². The molecule has 0 heterocycles. The summed E-state index contributed by atoms with van der Waals surface area (Å²) in [7, 11) is 0.0710. The Morgan fingerprint density at radius 2 is 1.90 bits per heavy atom. The fourth-order valence-electron chi connectivity index (χ4n) is 3.89. The topological polar surface area (TPSA) is 78.9 Å². The Bertz CT molecular complexity index is 1050. The van der Waals surface area contributed by atoms with Crippen molar-refractivity contribution >= 4 is 9.92 Å². The molecule has 1 fully saturated rings. The standard InChI is InChI=1S/C23H31F2N3O2S/c1-14(2)18-10-17(24)11-19(16-6-7-16)20(18)12-23(29)27-31(26,30)22-8-5-15(9-21(22)25)13-28(3)4/h5,8-11,14,16,23,29H,6-7,12-13H2,1-4H3,(H2,26,27,30). The average molecular weight is 452 g/mol. The van der Waals surface area contributed by atoms with Crippen LogP contribution in [0.4, 0.5) is 8.78 Å². The molecule has 1 aliphatic carbocycles. The predicted octanol–water partition coefficient (Wildman–Crippen LogP) is 4.29. The minimum atomic E-state index is -3.65. The molecule has 0 saturated heterocycles. The Balaban J connectivity index is 1.92. The maximum absolute atomic E-state index is 14.6. The third-order valence-corrected chi connectivity index (χ3v) is 6.92. The zero-order valence-electron chi connectivity index (χ0n) is 18.4. The fraction of sp³-hybridized carbons (Fsp3) is 0.478.